The van der Waals surface area contributed by atoms with Crippen LogP contribution in [0, 0.1) is 6.92 Å². The largest absolute Gasteiger partial charge is 0.493 e. The Hall–Kier alpha value is -2.22. The number of fused-ring (bicyclic) bond motifs is 2. The van der Waals surface area contributed by atoms with Crippen LogP contribution in [0.1, 0.15) is 42.8 Å². The summed E-state index contributed by atoms with van der Waals surface area (Å²) in [6, 6.07) is 7.31. The molecule has 3 aromatic rings. The van der Waals surface area contributed by atoms with Crippen molar-refractivity contribution in [2.24, 2.45) is 0 Å². The number of alkyl halides is 2. The number of aromatic nitrogens is 2. The van der Waals surface area contributed by atoms with E-state index in [1.165, 1.54) is 0 Å². The smallest absolute Gasteiger partial charge is 0.280 e. The molecule has 2 aromatic heterocycles. The van der Waals surface area contributed by atoms with E-state index in [0.29, 0.717) is 23.1 Å². The first kappa shape index (κ1) is 22.0. The molecule has 0 radical (unpaired) electrons. The van der Waals surface area contributed by atoms with Crippen LogP contribution in [0.3, 0.4) is 0 Å². The highest BCUT2D eigenvalue weighted by Gasteiger charge is 2.44. The molecule has 31 heavy (non-hydrogen) atoms. The summed E-state index contributed by atoms with van der Waals surface area (Å²) in [6.07, 6.45) is -0.764. The topological polar surface area (TPSA) is 70.2 Å². The number of rotatable bonds is 7. The number of nitrogens with zero attached hydrogens (tertiary/aromatic N) is 1. The quantitative estimate of drug-likeness (QED) is 0.450. The normalized spacial score (nSPS) is 15.9. The van der Waals surface area contributed by atoms with Crippen molar-refractivity contribution in [3.63, 3.8) is 0 Å². The second kappa shape index (κ2) is 8.04. The lowest BCUT2D eigenvalue weighted by atomic mass is 9.76. The van der Waals surface area contributed by atoms with E-state index in [0.717, 1.165) is 34.1 Å². The average Bonchev–Trinajstić information content (AvgIpc) is 3.31. The lowest BCUT2D eigenvalue weighted by Gasteiger charge is -2.37. The SMILES string of the molecule is Cc1cc2[nH]c(CNC(O)(CC(C)(C)c3cc(Cl)cc4c3OCC4)C(F)F)cc2cn1. The van der Waals surface area contributed by atoms with E-state index in [2.05, 4.69) is 15.3 Å². The summed E-state index contributed by atoms with van der Waals surface area (Å²) in [5.41, 5.74) is 0.882. The van der Waals surface area contributed by atoms with Crippen LogP contribution in [0.4, 0.5) is 8.78 Å². The van der Waals surface area contributed by atoms with Crippen molar-refractivity contribution < 1.29 is 18.6 Å². The van der Waals surface area contributed by atoms with Gasteiger partial charge in [-0.25, -0.2) is 8.78 Å². The minimum absolute atomic E-state index is 0.0504. The number of nitrogens with one attached hydrogen (secondary N) is 2. The first-order valence-electron chi connectivity index (χ1n) is 10.2. The second-order valence-electron chi connectivity index (χ2n) is 8.89. The van der Waals surface area contributed by atoms with Crippen molar-refractivity contribution >= 4 is 22.5 Å². The molecule has 166 valence electrons. The first-order chi connectivity index (χ1) is 14.6. The lowest BCUT2D eigenvalue weighted by Crippen LogP contribution is -2.54. The maximum atomic E-state index is 14.1. The number of hydrogen-bond donors (Lipinski definition) is 3. The standard InChI is InChI=1S/C23H26ClF2N3O2/c1-13-6-19-15(10-27-13)8-17(29-19)11-28-23(30,21(25)26)12-22(2,3)18-9-16(24)7-14-4-5-31-20(14)18/h6-10,21,28-30H,4-5,11-12H2,1-3H3. The number of H-pyrrole nitrogens is 1. The second-order valence-corrected chi connectivity index (χ2v) is 9.32. The Labute approximate surface area is 184 Å². The Morgan fingerprint density at radius 2 is 2.06 bits per heavy atom. The van der Waals surface area contributed by atoms with Crippen LogP contribution in [-0.4, -0.2) is 33.8 Å². The highest BCUT2D eigenvalue weighted by molar-refractivity contribution is 6.30. The van der Waals surface area contributed by atoms with E-state index in [-0.39, 0.29) is 13.0 Å². The molecule has 8 heteroatoms. The molecule has 4 rings (SSSR count). The van der Waals surface area contributed by atoms with Crippen LogP contribution < -0.4 is 10.1 Å². The number of hydrogen-bond acceptors (Lipinski definition) is 4. The van der Waals surface area contributed by atoms with Crippen LogP contribution in [0.2, 0.25) is 5.02 Å². The molecule has 1 aliphatic rings. The monoisotopic (exact) mass is 449 g/mol. The zero-order valence-corrected chi connectivity index (χ0v) is 18.5. The molecule has 1 atom stereocenters. The van der Waals surface area contributed by atoms with Crippen LogP contribution in [0.25, 0.3) is 10.9 Å². The van der Waals surface area contributed by atoms with Crippen molar-refractivity contribution in [1.29, 1.82) is 0 Å². The minimum Gasteiger partial charge on any atom is -0.493 e. The number of benzene rings is 1. The third-order valence-corrected chi connectivity index (χ3v) is 6.05. The zero-order chi connectivity index (χ0) is 22.4. The van der Waals surface area contributed by atoms with Gasteiger partial charge in [-0.15, -0.1) is 0 Å². The Morgan fingerprint density at radius 1 is 1.29 bits per heavy atom. The molecule has 0 fully saturated rings. The van der Waals surface area contributed by atoms with E-state index < -0.39 is 17.6 Å². The molecule has 3 heterocycles. The molecular weight excluding hydrogens is 424 g/mol. The fourth-order valence-electron chi connectivity index (χ4n) is 4.29. The Kier molecular flexibility index (Phi) is 5.70. The number of aromatic amines is 1. The predicted octanol–water partition coefficient (Wildman–Crippen LogP) is 4.87. The molecule has 1 aromatic carbocycles. The summed E-state index contributed by atoms with van der Waals surface area (Å²) < 4.78 is 33.9. The summed E-state index contributed by atoms with van der Waals surface area (Å²) >= 11 is 6.27. The molecule has 5 nitrogen and oxygen atoms in total. The molecule has 3 N–H and O–H groups in total. The van der Waals surface area contributed by atoms with Crippen molar-refractivity contribution in [2.45, 2.75) is 57.7 Å². The Morgan fingerprint density at radius 3 is 2.81 bits per heavy atom. The van der Waals surface area contributed by atoms with Crippen LogP contribution in [0.15, 0.2) is 30.5 Å². The highest BCUT2D eigenvalue weighted by atomic mass is 35.5. The molecule has 0 aliphatic carbocycles. The van der Waals surface area contributed by atoms with Gasteiger partial charge in [0.2, 0.25) is 0 Å². The fourth-order valence-corrected chi connectivity index (χ4v) is 4.53. The van der Waals surface area contributed by atoms with Gasteiger partial charge >= 0.3 is 0 Å². The Balaban J connectivity index is 1.57. The maximum Gasteiger partial charge on any atom is 0.280 e. The van der Waals surface area contributed by atoms with Gasteiger partial charge in [-0.1, -0.05) is 25.4 Å². The third kappa shape index (κ3) is 4.40. The number of ether oxygens (including phenoxy) is 1. The summed E-state index contributed by atoms with van der Waals surface area (Å²) in [4.78, 5) is 7.43. The van der Waals surface area contributed by atoms with Gasteiger partial charge in [0.25, 0.3) is 6.43 Å². The number of pyridine rings is 1. The van der Waals surface area contributed by atoms with E-state index in [4.69, 9.17) is 16.3 Å². The van der Waals surface area contributed by atoms with Gasteiger partial charge in [-0.2, -0.15) is 0 Å². The zero-order valence-electron chi connectivity index (χ0n) is 17.7. The van der Waals surface area contributed by atoms with Gasteiger partial charge < -0.3 is 14.8 Å². The van der Waals surface area contributed by atoms with Crippen LogP contribution >= 0.6 is 11.6 Å². The maximum absolute atomic E-state index is 14.1. The predicted molar refractivity (Wildman–Crippen MR) is 117 cm³/mol. The van der Waals surface area contributed by atoms with Gasteiger partial charge in [0.1, 0.15) is 5.75 Å². The van der Waals surface area contributed by atoms with Crippen LogP contribution in [0.5, 0.6) is 5.75 Å². The summed E-state index contributed by atoms with van der Waals surface area (Å²) in [5.74, 6) is 0.685. The summed E-state index contributed by atoms with van der Waals surface area (Å²) in [7, 11) is 0. The van der Waals surface area contributed by atoms with Crippen LogP contribution in [-0.2, 0) is 18.4 Å². The average molecular weight is 450 g/mol. The van der Waals surface area contributed by atoms with Gasteiger partial charge in [0.05, 0.1) is 6.61 Å². The number of halogens is 3. The van der Waals surface area contributed by atoms with Gasteiger partial charge in [-0.05, 0) is 42.2 Å². The molecule has 1 unspecified atom stereocenters. The molecule has 0 amide bonds. The first-order valence-corrected chi connectivity index (χ1v) is 10.6. The lowest BCUT2D eigenvalue weighted by molar-refractivity contribution is -0.134. The fraction of sp³-hybridized carbons (Fsp3) is 0.435. The molecule has 0 saturated heterocycles. The van der Waals surface area contributed by atoms with Gasteiger partial charge in [0, 0.05) is 58.5 Å². The molecule has 1 aliphatic heterocycles. The summed E-state index contributed by atoms with van der Waals surface area (Å²) in [6.45, 7) is 6.09. The van der Waals surface area contributed by atoms with Gasteiger partial charge in [0.15, 0.2) is 5.72 Å². The molecule has 0 bridgehead atoms. The Bertz CT molecular complexity index is 1120. The van der Waals surface area contributed by atoms with Crippen molar-refractivity contribution in [2.75, 3.05) is 6.61 Å². The molecule has 0 saturated carbocycles. The number of aliphatic hydroxyl groups is 1. The minimum atomic E-state index is -2.99. The van der Waals surface area contributed by atoms with Crippen molar-refractivity contribution in [3.05, 3.63) is 58.0 Å². The number of aryl methyl sites for hydroxylation is 1. The summed E-state index contributed by atoms with van der Waals surface area (Å²) in [5, 5.41) is 15.0. The molecular formula is C23H26ClF2N3O2. The van der Waals surface area contributed by atoms with E-state index in [1.54, 1.807) is 12.3 Å². The van der Waals surface area contributed by atoms with Crippen molar-refractivity contribution in [1.82, 2.24) is 15.3 Å². The highest BCUT2D eigenvalue weighted by Crippen LogP contribution is 2.43. The van der Waals surface area contributed by atoms with E-state index >= 15 is 0 Å². The van der Waals surface area contributed by atoms with Gasteiger partial charge in [-0.3, -0.25) is 10.3 Å². The molecule has 0 spiro atoms. The van der Waals surface area contributed by atoms with Crippen molar-refractivity contribution in [3.8, 4) is 5.75 Å². The van der Waals surface area contributed by atoms with E-state index in [9.17, 15) is 13.9 Å². The third-order valence-electron chi connectivity index (χ3n) is 5.83. The van der Waals surface area contributed by atoms with E-state index in [1.807, 2.05) is 39.0 Å².